The molecule has 1 N–H and O–H groups in total. The van der Waals surface area contributed by atoms with Crippen LogP contribution in [0.2, 0.25) is 10.0 Å². The molecule has 0 aliphatic carbocycles. The van der Waals surface area contributed by atoms with E-state index < -0.39 is 0 Å². The van der Waals surface area contributed by atoms with Gasteiger partial charge in [-0.05, 0) is 6.07 Å². The molecule has 1 aromatic carbocycles. The van der Waals surface area contributed by atoms with Gasteiger partial charge in [-0.25, -0.2) is 0 Å². The van der Waals surface area contributed by atoms with E-state index in [1.807, 2.05) is 12.1 Å². The van der Waals surface area contributed by atoms with Crippen LogP contribution in [0.1, 0.15) is 11.6 Å². The van der Waals surface area contributed by atoms with E-state index in [-0.39, 0.29) is 6.04 Å². The fourth-order valence-electron chi connectivity index (χ4n) is 2.02. The van der Waals surface area contributed by atoms with E-state index in [9.17, 15) is 5.26 Å². The quantitative estimate of drug-likeness (QED) is 0.897. The van der Waals surface area contributed by atoms with Crippen LogP contribution in [0.5, 0.6) is 0 Å². The number of nitriles is 1. The van der Waals surface area contributed by atoms with Crippen molar-refractivity contribution in [3.63, 3.8) is 0 Å². The predicted molar refractivity (Wildman–Crippen MR) is 69.3 cm³/mol. The van der Waals surface area contributed by atoms with Gasteiger partial charge in [0.25, 0.3) is 0 Å². The molecule has 0 radical (unpaired) electrons. The molecule has 1 unspecified atom stereocenters. The van der Waals surface area contributed by atoms with Crippen molar-refractivity contribution in [2.45, 2.75) is 6.04 Å². The lowest BCUT2D eigenvalue weighted by Gasteiger charge is -2.31. The molecule has 2 rings (SSSR count). The zero-order valence-electron chi connectivity index (χ0n) is 9.29. The predicted octanol–water partition coefficient (Wildman–Crippen LogP) is 2.46. The van der Waals surface area contributed by atoms with Crippen LogP contribution in [0.4, 0.5) is 0 Å². The number of hydrogen-bond acceptors (Lipinski definition) is 3. The highest BCUT2D eigenvalue weighted by molar-refractivity contribution is 6.42. The van der Waals surface area contributed by atoms with Gasteiger partial charge in [-0.2, -0.15) is 5.26 Å². The van der Waals surface area contributed by atoms with Crippen LogP contribution in [0.3, 0.4) is 0 Å². The number of hydrogen-bond donors (Lipinski definition) is 1. The Morgan fingerprint density at radius 1 is 1.29 bits per heavy atom. The fraction of sp³-hybridized carbons (Fsp3) is 0.417. The molecule has 1 fully saturated rings. The number of benzene rings is 1. The Kier molecular flexibility index (Phi) is 4.25. The molecule has 1 atom stereocenters. The lowest BCUT2D eigenvalue weighted by atomic mass is 10.1. The molecule has 0 saturated carbocycles. The van der Waals surface area contributed by atoms with Gasteiger partial charge in [0.15, 0.2) is 0 Å². The van der Waals surface area contributed by atoms with Crippen LogP contribution in [-0.2, 0) is 0 Å². The van der Waals surface area contributed by atoms with Gasteiger partial charge in [0, 0.05) is 31.7 Å². The number of nitrogens with one attached hydrogen (secondary N) is 1. The summed E-state index contributed by atoms with van der Waals surface area (Å²) in [5.41, 5.74) is 0.795. The molecule has 1 aromatic rings. The van der Waals surface area contributed by atoms with Crippen LogP contribution < -0.4 is 5.32 Å². The molecular formula is C12H13Cl2N3. The summed E-state index contributed by atoms with van der Waals surface area (Å²) in [6.07, 6.45) is 0. The summed E-state index contributed by atoms with van der Waals surface area (Å²) in [5, 5.41) is 13.6. The smallest absolute Gasteiger partial charge is 0.125 e. The Balaban J connectivity index is 2.29. The highest BCUT2D eigenvalue weighted by atomic mass is 35.5. The van der Waals surface area contributed by atoms with Gasteiger partial charge in [-0.1, -0.05) is 35.3 Å². The average molecular weight is 270 g/mol. The first-order valence-corrected chi connectivity index (χ1v) is 6.28. The SMILES string of the molecule is N#CC(c1cccc(Cl)c1Cl)N1CCNCC1. The van der Waals surface area contributed by atoms with Crippen LogP contribution >= 0.6 is 23.2 Å². The Labute approximate surface area is 111 Å². The first-order chi connectivity index (χ1) is 8.24. The minimum absolute atomic E-state index is 0.316. The molecule has 0 aromatic heterocycles. The standard InChI is InChI=1S/C12H13Cl2N3/c13-10-3-1-2-9(12(10)14)11(8-15)17-6-4-16-5-7-17/h1-3,11,16H,4-7H2. The minimum atomic E-state index is -0.316. The Hall–Kier alpha value is -0.790. The van der Waals surface area contributed by atoms with Crippen molar-refractivity contribution >= 4 is 23.2 Å². The van der Waals surface area contributed by atoms with Crippen LogP contribution in [0, 0.1) is 11.3 Å². The molecule has 1 heterocycles. The Morgan fingerprint density at radius 3 is 2.65 bits per heavy atom. The molecular weight excluding hydrogens is 257 g/mol. The summed E-state index contributed by atoms with van der Waals surface area (Å²) in [7, 11) is 0. The van der Waals surface area contributed by atoms with Gasteiger partial charge >= 0.3 is 0 Å². The molecule has 1 aliphatic rings. The molecule has 1 saturated heterocycles. The molecule has 17 heavy (non-hydrogen) atoms. The summed E-state index contributed by atoms with van der Waals surface area (Å²) < 4.78 is 0. The monoisotopic (exact) mass is 269 g/mol. The maximum absolute atomic E-state index is 9.33. The van der Waals surface area contributed by atoms with E-state index in [0.29, 0.717) is 10.0 Å². The van der Waals surface area contributed by atoms with Crippen LogP contribution in [0.15, 0.2) is 18.2 Å². The van der Waals surface area contributed by atoms with Crippen molar-refractivity contribution in [3.8, 4) is 6.07 Å². The Bertz CT molecular complexity index is 436. The van der Waals surface area contributed by atoms with E-state index in [1.165, 1.54) is 0 Å². The first-order valence-electron chi connectivity index (χ1n) is 5.52. The molecule has 90 valence electrons. The third-order valence-electron chi connectivity index (χ3n) is 2.92. The second-order valence-electron chi connectivity index (χ2n) is 3.96. The van der Waals surface area contributed by atoms with Crippen molar-refractivity contribution < 1.29 is 0 Å². The largest absolute Gasteiger partial charge is 0.314 e. The van der Waals surface area contributed by atoms with Gasteiger partial charge in [0.05, 0.1) is 16.1 Å². The highest BCUT2D eigenvalue weighted by Gasteiger charge is 2.24. The van der Waals surface area contributed by atoms with Gasteiger partial charge in [-0.15, -0.1) is 0 Å². The normalized spacial score (nSPS) is 18.6. The maximum atomic E-state index is 9.33. The second-order valence-corrected chi connectivity index (χ2v) is 4.75. The molecule has 0 spiro atoms. The molecule has 3 nitrogen and oxygen atoms in total. The van der Waals surface area contributed by atoms with E-state index >= 15 is 0 Å². The highest BCUT2D eigenvalue weighted by Crippen LogP contribution is 2.32. The van der Waals surface area contributed by atoms with Gasteiger partial charge in [0.2, 0.25) is 0 Å². The third-order valence-corrected chi connectivity index (χ3v) is 3.75. The number of piperazine rings is 1. The van der Waals surface area contributed by atoms with Crippen molar-refractivity contribution in [1.82, 2.24) is 10.2 Å². The fourth-order valence-corrected chi connectivity index (χ4v) is 2.43. The van der Waals surface area contributed by atoms with E-state index in [2.05, 4.69) is 16.3 Å². The zero-order valence-corrected chi connectivity index (χ0v) is 10.8. The van der Waals surface area contributed by atoms with Crippen molar-refractivity contribution in [2.24, 2.45) is 0 Å². The molecule has 5 heteroatoms. The summed E-state index contributed by atoms with van der Waals surface area (Å²) in [5.74, 6) is 0. The number of nitrogens with zero attached hydrogens (tertiary/aromatic N) is 2. The number of rotatable bonds is 2. The summed E-state index contributed by atoms with van der Waals surface area (Å²) >= 11 is 12.1. The van der Waals surface area contributed by atoms with E-state index in [1.54, 1.807) is 6.07 Å². The first kappa shape index (κ1) is 12.7. The molecule has 0 amide bonds. The zero-order chi connectivity index (χ0) is 12.3. The van der Waals surface area contributed by atoms with Crippen LogP contribution in [0.25, 0.3) is 0 Å². The maximum Gasteiger partial charge on any atom is 0.125 e. The van der Waals surface area contributed by atoms with Crippen molar-refractivity contribution in [1.29, 1.82) is 5.26 Å². The van der Waals surface area contributed by atoms with Gasteiger partial charge in [0.1, 0.15) is 6.04 Å². The van der Waals surface area contributed by atoms with Crippen molar-refractivity contribution in [2.75, 3.05) is 26.2 Å². The average Bonchev–Trinajstić information content (AvgIpc) is 2.37. The molecule has 0 bridgehead atoms. The third kappa shape index (κ3) is 2.72. The van der Waals surface area contributed by atoms with Crippen LogP contribution in [-0.4, -0.2) is 31.1 Å². The minimum Gasteiger partial charge on any atom is -0.314 e. The van der Waals surface area contributed by atoms with Gasteiger partial charge < -0.3 is 5.32 Å². The molecule has 1 aliphatic heterocycles. The van der Waals surface area contributed by atoms with Gasteiger partial charge in [-0.3, -0.25) is 4.90 Å². The van der Waals surface area contributed by atoms with Crippen molar-refractivity contribution in [3.05, 3.63) is 33.8 Å². The lowest BCUT2D eigenvalue weighted by Crippen LogP contribution is -2.44. The summed E-state index contributed by atoms with van der Waals surface area (Å²) in [4.78, 5) is 2.12. The van der Waals surface area contributed by atoms with E-state index in [0.717, 1.165) is 31.7 Å². The summed E-state index contributed by atoms with van der Waals surface area (Å²) in [6.45, 7) is 3.49. The second kappa shape index (κ2) is 5.70. The number of halogens is 2. The van der Waals surface area contributed by atoms with E-state index in [4.69, 9.17) is 23.2 Å². The lowest BCUT2D eigenvalue weighted by molar-refractivity contribution is 0.207. The Morgan fingerprint density at radius 2 is 2.00 bits per heavy atom. The topological polar surface area (TPSA) is 39.1 Å². The summed E-state index contributed by atoms with van der Waals surface area (Å²) in [6, 6.07) is 7.43.